The third-order valence-electron chi connectivity index (χ3n) is 3.30. The molecule has 0 radical (unpaired) electrons. The van der Waals surface area contributed by atoms with Gasteiger partial charge < -0.3 is 20.8 Å². The van der Waals surface area contributed by atoms with E-state index in [2.05, 4.69) is 27.1 Å². The molecular weight excluding hydrogens is 258 g/mol. The van der Waals surface area contributed by atoms with Gasteiger partial charge >= 0.3 is 0 Å². The van der Waals surface area contributed by atoms with Crippen LogP contribution in [0.15, 0.2) is 10.9 Å². The Hall–Kier alpha value is -1.44. The summed E-state index contributed by atoms with van der Waals surface area (Å²) in [5, 5.41) is 3.43. The average Bonchev–Trinajstić information content (AvgIpc) is 2.38. The molecule has 20 heavy (non-hydrogen) atoms. The topological polar surface area (TPSA) is 96.3 Å². The molecule has 1 atom stereocenters. The highest BCUT2D eigenvalue weighted by Crippen LogP contribution is 1.99. The Balaban J connectivity index is 1.70. The van der Waals surface area contributed by atoms with E-state index >= 15 is 0 Å². The van der Waals surface area contributed by atoms with Crippen molar-refractivity contribution in [1.29, 1.82) is 0 Å². The standard InChI is InChI=1S/C13H23N5O2/c1-10(9-18-4-6-20-7-5-18)15-3-2-12-16-11(14)8-13(19)17-12/h8,10,15H,2-7,9H2,1H3,(H3,14,16,17,19). The third kappa shape index (κ3) is 4.92. The fourth-order valence-corrected chi connectivity index (χ4v) is 2.32. The number of aromatic amines is 1. The van der Waals surface area contributed by atoms with Crippen LogP contribution in [0.25, 0.3) is 0 Å². The van der Waals surface area contributed by atoms with E-state index in [1.54, 1.807) is 0 Å². The lowest BCUT2D eigenvalue weighted by Crippen LogP contribution is -2.44. The summed E-state index contributed by atoms with van der Waals surface area (Å²) in [6.45, 7) is 7.56. The minimum Gasteiger partial charge on any atom is -0.383 e. The zero-order valence-corrected chi connectivity index (χ0v) is 11.9. The second-order valence-electron chi connectivity index (χ2n) is 5.14. The molecule has 2 rings (SSSR count). The molecule has 112 valence electrons. The summed E-state index contributed by atoms with van der Waals surface area (Å²) in [5.41, 5.74) is 5.34. The van der Waals surface area contributed by atoms with Crippen LogP contribution >= 0.6 is 0 Å². The second-order valence-corrected chi connectivity index (χ2v) is 5.14. The van der Waals surface area contributed by atoms with Gasteiger partial charge in [0.15, 0.2) is 0 Å². The predicted molar refractivity (Wildman–Crippen MR) is 77.7 cm³/mol. The van der Waals surface area contributed by atoms with Crippen molar-refractivity contribution in [1.82, 2.24) is 20.2 Å². The number of nitrogen functional groups attached to an aromatic ring is 1. The van der Waals surface area contributed by atoms with Gasteiger partial charge in [0.25, 0.3) is 5.56 Å². The van der Waals surface area contributed by atoms with E-state index in [0.29, 0.717) is 18.3 Å². The Kier molecular flexibility index (Phi) is 5.51. The lowest BCUT2D eigenvalue weighted by molar-refractivity contribution is 0.0344. The molecule has 4 N–H and O–H groups in total. The van der Waals surface area contributed by atoms with Gasteiger partial charge in [0.1, 0.15) is 11.6 Å². The van der Waals surface area contributed by atoms with Crippen molar-refractivity contribution < 1.29 is 4.74 Å². The maximum absolute atomic E-state index is 11.3. The summed E-state index contributed by atoms with van der Waals surface area (Å²) < 4.78 is 5.33. The van der Waals surface area contributed by atoms with Crippen molar-refractivity contribution in [2.75, 3.05) is 45.1 Å². The Labute approximate surface area is 118 Å². The zero-order valence-electron chi connectivity index (χ0n) is 11.9. The number of nitrogens with two attached hydrogens (primary N) is 1. The first-order valence-corrected chi connectivity index (χ1v) is 7.02. The van der Waals surface area contributed by atoms with Crippen molar-refractivity contribution in [2.24, 2.45) is 0 Å². The summed E-state index contributed by atoms with van der Waals surface area (Å²) in [7, 11) is 0. The van der Waals surface area contributed by atoms with Gasteiger partial charge in [0.2, 0.25) is 0 Å². The van der Waals surface area contributed by atoms with Crippen LogP contribution in [-0.4, -0.2) is 60.3 Å². The van der Waals surface area contributed by atoms with Crippen molar-refractivity contribution in [2.45, 2.75) is 19.4 Å². The molecule has 0 aliphatic carbocycles. The highest BCUT2D eigenvalue weighted by Gasteiger charge is 2.13. The summed E-state index contributed by atoms with van der Waals surface area (Å²) in [4.78, 5) is 20.4. The van der Waals surface area contributed by atoms with Gasteiger partial charge in [0.05, 0.1) is 13.2 Å². The highest BCUT2D eigenvalue weighted by molar-refractivity contribution is 5.25. The van der Waals surface area contributed by atoms with Gasteiger partial charge in [-0.1, -0.05) is 0 Å². The van der Waals surface area contributed by atoms with Crippen LogP contribution in [0.5, 0.6) is 0 Å². The summed E-state index contributed by atoms with van der Waals surface area (Å²) >= 11 is 0. The third-order valence-corrected chi connectivity index (χ3v) is 3.30. The number of ether oxygens (including phenoxy) is 1. The summed E-state index contributed by atoms with van der Waals surface area (Å²) in [6.07, 6.45) is 0.660. The predicted octanol–water partition coefficient (Wildman–Crippen LogP) is -0.795. The molecule has 7 heteroatoms. The van der Waals surface area contributed by atoms with Gasteiger partial charge in [-0.05, 0) is 6.92 Å². The van der Waals surface area contributed by atoms with E-state index in [4.69, 9.17) is 10.5 Å². The normalized spacial score (nSPS) is 18.1. The summed E-state index contributed by atoms with van der Waals surface area (Å²) in [5.74, 6) is 0.895. The van der Waals surface area contributed by atoms with E-state index in [-0.39, 0.29) is 11.4 Å². The Bertz CT molecular complexity index is 470. The number of nitrogens with one attached hydrogen (secondary N) is 2. The summed E-state index contributed by atoms with van der Waals surface area (Å²) in [6, 6.07) is 1.68. The Morgan fingerprint density at radius 2 is 2.30 bits per heavy atom. The van der Waals surface area contributed by atoms with E-state index in [0.717, 1.165) is 39.4 Å². The quantitative estimate of drug-likeness (QED) is 0.632. The first-order chi connectivity index (χ1) is 9.63. The fourth-order valence-electron chi connectivity index (χ4n) is 2.32. The van der Waals surface area contributed by atoms with Gasteiger partial charge in [-0.25, -0.2) is 4.98 Å². The molecule has 1 aromatic rings. The number of anilines is 1. The number of aromatic nitrogens is 2. The first-order valence-electron chi connectivity index (χ1n) is 7.02. The molecule has 1 unspecified atom stereocenters. The number of morpholine rings is 1. The SMILES string of the molecule is CC(CN1CCOCC1)NCCc1nc(N)cc(=O)[nH]1. The molecule has 1 aliphatic rings. The fraction of sp³-hybridized carbons (Fsp3) is 0.692. The second kappa shape index (κ2) is 7.37. The molecule has 0 saturated carbocycles. The molecule has 0 aromatic carbocycles. The van der Waals surface area contributed by atoms with Crippen LogP contribution in [-0.2, 0) is 11.2 Å². The number of nitrogens with zero attached hydrogens (tertiary/aromatic N) is 2. The van der Waals surface area contributed by atoms with E-state index < -0.39 is 0 Å². The maximum atomic E-state index is 11.3. The first kappa shape index (κ1) is 15.0. The number of hydrogen-bond acceptors (Lipinski definition) is 6. The highest BCUT2D eigenvalue weighted by atomic mass is 16.5. The molecule has 0 spiro atoms. The van der Waals surface area contributed by atoms with Crippen molar-refractivity contribution >= 4 is 5.82 Å². The van der Waals surface area contributed by atoms with Crippen LogP contribution in [0.3, 0.4) is 0 Å². The Morgan fingerprint density at radius 1 is 1.55 bits per heavy atom. The number of hydrogen-bond donors (Lipinski definition) is 3. The van der Waals surface area contributed by atoms with Crippen LogP contribution in [0.4, 0.5) is 5.82 Å². The lowest BCUT2D eigenvalue weighted by Gasteiger charge is -2.29. The molecule has 1 aromatic heterocycles. The number of H-pyrrole nitrogens is 1. The monoisotopic (exact) mass is 281 g/mol. The van der Waals surface area contributed by atoms with Crippen LogP contribution in [0.1, 0.15) is 12.7 Å². The largest absolute Gasteiger partial charge is 0.383 e. The van der Waals surface area contributed by atoms with Crippen molar-refractivity contribution in [3.8, 4) is 0 Å². The van der Waals surface area contributed by atoms with Crippen LogP contribution in [0, 0.1) is 0 Å². The molecule has 1 fully saturated rings. The minimum atomic E-state index is -0.200. The molecule has 2 heterocycles. The molecule has 1 aliphatic heterocycles. The van der Waals surface area contributed by atoms with E-state index in [1.165, 1.54) is 6.07 Å². The zero-order chi connectivity index (χ0) is 14.4. The molecule has 7 nitrogen and oxygen atoms in total. The molecule has 0 amide bonds. The molecule has 1 saturated heterocycles. The van der Waals surface area contributed by atoms with Gasteiger partial charge in [-0.2, -0.15) is 0 Å². The van der Waals surface area contributed by atoms with Gasteiger partial charge in [0, 0.05) is 44.7 Å². The van der Waals surface area contributed by atoms with Crippen LogP contribution < -0.4 is 16.6 Å². The van der Waals surface area contributed by atoms with E-state index in [1.807, 2.05) is 0 Å². The Morgan fingerprint density at radius 3 is 3.00 bits per heavy atom. The van der Waals surface area contributed by atoms with Crippen molar-refractivity contribution in [3.05, 3.63) is 22.2 Å². The smallest absolute Gasteiger partial charge is 0.252 e. The maximum Gasteiger partial charge on any atom is 0.252 e. The minimum absolute atomic E-state index is 0.200. The van der Waals surface area contributed by atoms with Gasteiger partial charge in [-0.3, -0.25) is 9.69 Å². The lowest BCUT2D eigenvalue weighted by atomic mass is 10.2. The average molecular weight is 281 g/mol. The molecular formula is C13H23N5O2. The van der Waals surface area contributed by atoms with E-state index in [9.17, 15) is 4.79 Å². The van der Waals surface area contributed by atoms with Crippen LogP contribution in [0.2, 0.25) is 0 Å². The van der Waals surface area contributed by atoms with Gasteiger partial charge in [-0.15, -0.1) is 0 Å². The number of rotatable bonds is 6. The van der Waals surface area contributed by atoms with Crippen molar-refractivity contribution in [3.63, 3.8) is 0 Å². The molecule has 0 bridgehead atoms.